The Balaban J connectivity index is 0.00000274. The second-order valence-electron chi connectivity index (χ2n) is 8.67. The van der Waals surface area contributed by atoms with Crippen LogP contribution in [0.4, 0.5) is 5.69 Å². The second kappa shape index (κ2) is 10.1. The summed E-state index contributed by atoms with van der Waals surface area (Å²) < 4.78 is 33.6. The molecule has 5 rings (SSSR count). The fraction of sp³-hybridized carbons (Fsp3) is 0.269. The molecule has 34 heavy (non-hydrogen) atoms. The molecule has 6 nitrogen and oxygen atoms in total. The van der Waals surface area contributed by atoms with Gasteiger partial charge in [0.2, 0.25) is 0 Å². The SMILES string of the molecule is Cl.N#Cc1ccc2c(c1)[C@@H]1CN(CCc3ccc(NS(=O)(=O)c4ccccc4)cc3)C[C@H]1CO2. The van der Waals surface area contributed by atoms with Crippen molar-refractivity contribution in [2.45, 2.75) is 17.2 Å². The third-order valence-electron chi connectivity index (χ3n) is 6.48. The number of rotatable bonds is 6. The van der Waals surface area contributed by atoms with Gasteiger partial charge in [-0.15, -0.1) is 12.4 Å². The van der Waals surface area contributed by atoms with E-state index >= 15 is 0 Å². The van der Waals surface area contributed by atoms with Crippen LogP contribution in [0.2, 0.25) is 0 Å². The van der Waals surface area contributed by atoms with Gasteiger partial charge < -0.3 is 9.64 Å². The molecule has 0 amide bonds. The highest BCUT2D eigenvalue weighted by Crippen LogP contribution is 2.41. The molecular formula is C26H26ClN3O3S. The Bertz CT molecular complexity index is 1290. The van der Waals surface area contributed by atoms with Crippen LogP contribution in [0.1, 0.15) is 22.6 Å². The van der Waals surface area contributed by atoms with E-state index in [1.54, 1.807) is 30.3 Å². The molecule has 0 radical (unpaired) electrons. The van der Waals surface area contributed by atoms with Gasteiger partial charge in [0.05, 0.1) is 23.1 Å². The monoisotopic (exact) mass is 495 g/mol. The summed E-state index contributed by atoms with van der Waals surface area (Å²) in [5, 5.41) is 9.24. The molecule has 3 aromatic carbocycles. The molecule has 0 spiro atoms. The van der Waals surface area contributed by atoms with E-state index in [1.165, 1.54) is 0 Å². The van der Waals surface area contributed by atoms with Gasteiger partial charge in [-0.05, 0) is 54.4 Å². The smallest absolute Gasteiger partial charge is 0.261 e. The molecular weight excluding hydrogens is 470 g/mol. The summed E-state index contributed by atoms with van der Waals surface area (Å²) in [4.78, 5) is 2.70. The summed E-state index contributed by atoms with van der Waals surface area (Å²) in [6.07, 6.45) is 0.886. The number of hydrogen-bond acceptors (Lipinski definition) is 5. The molecule has 1 N–H and O–H groups in total. The van der Waals surface area contributed by atoms with Crippen LogP contribution in [0, 0.1) is 17.2 Å². The molecule has 1 fully saturated rings. The zero-order valence-corrected chi connectivity index (χ0v) is 20.2. The molecule has 2 atom stereocenters. The molecule has 0 saturated carbocycles. The van der Waals surface area contributed by atoms with Crippen LogP contribution in [0.25, 0.3) is 0 Å². The minimum Gasteiger partial charge on any atom is -0.493 e. The maximum absolute atomic E-state index is 12.5. The first-order valence-corrected chi connectivity index (χ1v) is 12.6. The number of sulfonamides is 1. The van der Waals surface area contributed by atoms with Crippen molar-refractivity contribution in [2.75, 3.05) is 31.0 Å². The largest absolute Gasteiger partial charge is 0.493 e. The highest BCUT2D eigenvalue weighted by Gasteiger charge is 2.38. The van der Waals surface area contributed by atoms with Crippen LogP contribution in [-0.4, -0.2) is 39.6 Å². The summed E-state index contributed by atoms with van der Waals surface area (Å²) in [6, 6.07) is 23.9. The van der Waals surface area contributed by atoms with Crippen molar-refractivity contribution in [3.05, 3.63) is 89.5 Å². The quantitative estimate of drug-likeness (QED) is 0.547. The molecule has 0 unspecified atom stereocenters. The predicted molar refractivity (Wildman–Crippen MR) is 134 cm³/mol. The van der Waals surface area contributed by atoms with E-state index < -0.39 is 10.0 Å². The minimum absolute atomic E-state index is 0. The number of nitrogens with zero attached hydrogens (tertiary/aromatic N) is 2. The fourth-order valence-electron chi connectivity index (χ4n) is 4.74. The van der Waals surface area contributed by atoms with Gasteiger partial charge in [0.1, 0.15) is 5.75 Å². The summed E-state index contributed by atoms with van der Waals surface area (Å²) in [7, 11) is -3.58. The second-order valence-corrected chi connectivity index (χ2v) is 10.3. The van der Waals surface area contributed by atoms with Gasteiger partial charge in [0, 0.05) is 42.7 Å². The molecule has 3 aromatic rings. The molecule has 8 heteroatoms. The van der Waals surface area contributed by atoms with Crippen molar-refractivity contribution in [3.8, 4) is 11.8 Å². The number of nitriles is 1. The van der Waals surface area contributed by atoms with E-state index in [1.807, 2.05) is 42.5 Å². The topological polar surface area (TPSA) is 82.4 Å². The Morgan fingerprint density at radius 2 is 1.79 bits per heavy atom. The van der Waals surface area contributed by atoms with E-state index in [0.717, 1.165) is 49.5 Å². The number of halogens is 1. The number of fused-ring (bicyclic) bond motifs is 3. The molecule has 0 aliphatic carbocycles. The molecule has 1 saturated heterocycles. The number of likely N-dealkylation sites (tertiary alicyclic amines) is 1. The Labute approximate surface area is 206 Å². The molecule has 2 aliphatic heterocycles. The number of benzene rings is 3. The Kier molecular flexibility index (Phi) is 7.13. The maximum Gasteiger partial charge on any atom is 0.261 e. The lowest BCUT2D eigenvalue weighted by Crippen LogP contribution is -2.25. The normalized spacial score (nSPS) is 19.1. The Hall–Kier alpha value is -3.05. The van der Waals surface area contributed by atoms with Crippen molar-refractivity contribution >= 4 is 28.1 Å². The van der Waals surface area contributed by atoms with Gasteiger partial charge in [-0.1, -0.05) is 30.3 Å². The predicted octanol–water partition coefficient (Wildman–Crippen LogP) is 4.43. The first kappa shape index (κ1) is 24.1. The zero-order valence-electron chi connectivity index (χ0n) is 18.6. The van der Waals surface area contributed by atoms with Crippen molar-refractivity contribution < 1.29 is 13.2 Å². The molecule has 2 heterocycles. The lowest BCUT2D eigenvalue weighted by molar-refractivity contribution is 0.213. The van der Waals surface area contributed by atoms with Crippen molar-refractivity contribution in [1.29, 1.82) is 5.26 Å². The maximum atomic E-state index is 12.5. The minimum atomic E-state index is -3.58. The lowest BCUT2D eigenvalue weighted by atomic mass is 9.86. The van der Waals surface area contributed by atoms with Gasteiger partial charge in [0.25, 0.3) is 10.0 Å². The highest BCUT2D eigenvalue weighted by atomic mass is 35.5. The average Bonchev–Trinajstić information content (AvgIpc) is 3.27. The Morgan fingerprint density at radius 3 is 2.53 bits per heavy atom. The van der Waals surface area contributed by atoms with Crippen molar-refractivity contribution in [3.63, 3.8) is 0 Å². The van der Waals surface area contributed by atoms with Crippen LogP contribution in [0.5, 0.6) is 5.75 Å². The summed E-state index contributed by atoms with van der Waals surface area (Å²) in [5.74, 6) is 1.75. The zero-order chi connectivity index (χ0) is 22.8. The van der Waals surface area contributed by atoms with Gasteiger partial charge in [-0.2, -0.15) is 5.26 Å². The van der Waals surface area contributed by atoms with Gasteiger partial charge in [-0.25, -0.2) is 8.42 Å². The number of hydrogen-bond donors (Lipinski definition) is 1. The van der Waals surface area contributed by atoms with E-state index in [-0.39, 0.29) is 17.3 Å². The van der Waals surface area contributed by atoms with Crippen LogP contribution in [0.15, 0.2) is 77.7 Å². The summed E-state index contributed by atoms with van der Waals surface area (Å²) in [6.45, 7) is 3.59. The van der Waals surface area contributed by atoms with E-state index in [0.29, 0.717) is 23.1 Å². The Morgan fingerprint density at radius 1 is 1.03 bits per heavy atom. The van der Waals surface area contributed by atoms with Crippen LogP contribution in [0.3, 0.4) is 0 Å². The standard InChI is InChI=1S/C26H25N3O3S.ClH/c27-15-20-8-11-26-24(14-20)25-17-29(16-21(25)18-32-26)13-12-19-6-9-22(10-7-19)28-33(30,31)23-4-2-1-3-5-23;/h1-11,14,21,25,28H,12-13,16-18H2;1H/t21-,25+;/m0./s1. The fourth-order valence-corrected chi connectivity index (χ4v) is 5.82. The average molecular weight is 496 g/mol. The molecule has 2 aliphatic rings. The van der Waals surface area contributed by atoms with E-state index in [2.05, 4.69) is 15.7 Å². The van der Waals surface area contributed by atoms with Crippen LogP contribution in [-0.2, 0) is 16.4 Å². The van der Waals surface area contributed by atoms with E-state index in [9.17, 15) is 13.7 Å². The first-order valence-electron chi connectivity index (χ1n) is 11.1. The highest BCUT2D eigenvalue weighted by molar-refractivity contribution is 7.92. The van der Waals surface area contributed by atoms with Gasteiger partial charge in [0.15, 0.2) is 0 Å². The third-order valence-corrected chi connectivity index (χ3v) is 7.88. The molecule has 0 bridgehead atoms. The van der Waals surface area contributed by atoms with Crippen molar-refractivity contribution in [2.24, 2.45) is 5.92 Å². The molecule has 0 aromatic heterocycles. The number of anilines is 1. The van der Waals surface area contributed by atoms with Gasteiger partial charge >= 0.3 is 0 Å². The van der Waals surface area contributed by atoms with Crippen LogP contribution < -0.4 is 9.46 Å². The summed E-state index contributed by atoms with van der Waals surface area (Å²) in [5.41, 5.74) is 3.55. The first-order chi connectivity index (χ1) is 16.0. The number of ether oxygens (including phenoxy) is 1. The summed E-state index contributed by atoms with van der Waals surface area (Å²) >= 11 is 0. The van der Waals surface area contributed by atoms with Gasteiger partial charge in [-0.3, -0.25) is 4.72 Å². The van der Waals surface area contributed by atoms with Crippen LogP contribution >= 0.6 is 12.4 Å². The van der Waals surface area contributed by atoms with Crippen molar-refractivity contribution in [1.82, 2.24) is 4.90 Å². The van der Waals surface area contributed by atoms with E-state index in [4.69, 9.17) is 4.74 Å². The third kappa shape index (κ3) is 5.05. The molecule has 176 valence electrons. The lowest BCUT2D eigenvalue weighted by Gasteiger charge is -2.27. The number of nitrogens with one attached hydrogen (secondary N) is 1.